The Kier molecular flexibility index (Phi) is 3.26. The average Bonchev–Trinajstić information content (AvgIpc) is 2.28. The van der Waals surface area contributed by atoms with E-state index in [1.807, 2.05) is 11.3 Å². The summed E-state index contributed by atoms with van der Waals surface area (Å²) in [7, 11) is 0. The molecule has 1 heterocycles. The molecule has 1 aromatic rings. The van der Waals surface area contributed by atoms with Crippen LogP contribution < -0.4 is 0 Å². The highest BCUT2D eigenvalue weighted by molar-refractivity contribution is 7.12. The molecule has 2 heteroatoms. The predicted molar refractivity (Wildman–Crippen MR) is 57.5 cm³/mol. The van der Waals surface area contributed by atoms with Crippen molar-refractivity contribution in [2.75, 3.05) is 0 Å². The first kappa shape index (κ1) is 10.5. The number of ketones is 1. The largest absolute Gasteiger partial charge is 0.300 e. The van der Waals surface area contributed by atoms with Gasteiger partial charge in [-0.3, -0.25) is 0 Å². The minimum absolute atomic E-state index is 0.274. The van der Waals surface area contributed by atoms with Crippen molar-refractivity contribution in [3.8, 4) is 0 Å². The Balaban J connectivity index is 2.81. The van der Waals surface area contributed by atoms with Gasteiger partial charge in [-0.25, -0.2) is 0 Å². The second kappa shape index (κ2) is 4.05. The lowest BCUT2D eigenvalue weighted by Gasteiger charge is -2.08. The number of hydrogen-bond acceptors (Lipinski definition) is 2. The molecule has 0 saturated carbocycles. The van der Waals surface area contributed by atoms with E-state index in [0.717, 1.165) is 0 Å². The molecule has 0 fully saturated rings. The summed E-state index contributed by atoms with van der Waals surface area (Å²) < 4.78 is 0. The highest BCUT2D eigenvalue weighted by atomic mass is 32.1. The first-order valence-corrected chi connectivity index (χ1v) is 5.38. The van der Waals surface area contributed by atoms with Gasteiger partial charge in [0.15, 0.2) is 0 Å². The molecule has 0 aromatic carbocycles. The van der Waals surface area contributed by atoms with Crippen molar-refractivity contribution in [2.24, 2.45) is 0 Å². The summed E-state index contributed by atoms with van der Waals surface area (Å²) in [6, 6.07) is 2.20. The fourth-order valence-electron chi connectivity index (χ4n) is 1.68. The molecule has 0 aliphatic heterocycles. The Bertz CT molecular complexity index is 312. The molecule has 1 aromatic heterocycles. The number of rotatable bonds is 3. The van der Waals surface area contributed by atoms with Gasteiger partial charge in [-0.1, -0.05) is 6.92 Å². The number of carbonyl (C=O) groups excluding carboxylic acids is 1. The van der Waals surface area contributed by atoms with Gasteiger partial charge < -0.3 is 4.79 Å². The third-order valence-electron chi connectivity index (χ3n) is 2.20. The molecule has 13 heavy (non-hydrogen) atoms. The fraction of sp³-hybridized carbons (Fsp3) is 0.545. The maximum absolute atomic E-state index is 10.9. The first-order valence-electron chi connectivity index (χ1n) is 4.57. The molecule has 1 rings (SSSR count). The molecule has 0 N–H and O–H groups in total. The monoisotopic (exact) mass is 196 g/mol. The summed E-state index contributed by atoms with van der Waals surface area (Å²) in [5.74, 6) is 0.651. The lowest BCUT2D eigenvalue weighted by molar-refractivity contribution is -0.117. The average molecular weight is 196 g/mol. The van der Waals surface area contributed by atoms with Crippen molar-refractivity contribution in [1.29, 1.82) is 0 Å². The van der Waals surface area contributed by atoms with Crippen molar-refractivity contribution >= 4 is 17.1 Å². The molecule has 0 saturated heterocycles. The van der Waals surface area contributed by atoms with Crippen LogP contribution in [0.1, 0.15) is 41.5 Å². The third-order valence-corrected chi connectivity index (χ3v) is 3.19. The smallest absolute Gasteiger partial charge is 0.130 e. The zero-order chi connectivity index (χ0) is 10.0. The third kappa shape index (κ3) is 2.66. The van der Waals surface area contributed by atoms with Gasteiger partial charge in [0.1, 0.15) is 5.78 Å². The van der Waals surface area contributed by atoms with E-state index < -0.39 is 0 Å². The summed E-state index contributed by atoms with van der Waals surface area (Å²) in [6.45, 7) is 8.02. The zero-order valence-corrected chi connectivity index (χ0v) is 9.49. The molecule has 1 atom stereocenters. The van der Waals surface area contributed by atoms with Gasteiger partial charge in [0.05, 0.1) is 0 Å². The second-order valence-corrected chi connectivity index (χ2v) is 5.14. The van der Waals surface area contributed by atoms with E-state index in [4.69, 9.17) is 0 Å². The normalized spacial score (nSPS) is 12.9. The van der Waals surface area contributed by atoms with Gasteiger partial charge in [-0.2, -0.15) is 0 Å². The Labute approximate surface area is 83.8 Å². The second-order valence-electron chi connectivity index (χ2n) is 3.68. The molecule has 0 aliphatic rings. The highest BCUT2D eigenvalue weighted by Crippen LogP contribution is 2.29. The molecule has 0 radical (unpaired) electrons. The van der Waals surface area contributed by atoms with Crippen molar-refractivity contribution in [1.82, 2.24) is 0 Å². The van der Waals surface area contributed by atoms with Crippen molar-refractivity contribution in [3.05, 3.63) is 21.4 Å². The molecule has 0 bridgehead atoms. The predicted octanol–water partition coefficient (Wildman–Crippen LogP) is 3.45. The quantitative estimate of drug-likeness (QED) is 0.723. The van der Waals surface area contributed by atoms with E-state index in [0.29, 0.717) is 12.3 Å². The SMILES string of the molecule is CC(=O)CC(C)c1cc(C)sc1C. The Morgan fingerprint density at radius 3 is 2.54 bits per heavy atom. The van der Waals surface area contributed by atoms with Crippen LogP contribution in [0.2, 0.25) is 0 Å². The molecule has 72 valence electrons. The van der Waals surface area contributed by atoms with E-state index in [-0.39, 0.29) is 5.78 Å². The van der Waals surface area contributed by atoms with Crippen LogP contribution in [0.5, 0.6) is 0 Å². The van der Waals surface area contributed by atoms with Crippen LogP contribution in [0.25, 0.3) is 0 Å². The van der Waals surface area contributed by atoms with Gasteiger partial charge >= 0.3 is 0 Å². The fourth-order valence-corrected chi connectivity index (χ4v) is 2.73. The van der Waals surface area contributed by atoms with Crippen LogP contribution in [-0.4, -0.2) is 5.78 Å². The Hall–Kier alpha value is -0.630. The van der Waals surface area contributed by atoms with E-state index in [2.05, 4.69) is 26.8 Å². The number of thiophene rings is 1. The van der Waals surface area contributed by atoms with Gasteiger partial charge in [-0.15, -0.1) is 11.3 Å². The van der Waals surface area contributed by atoms with Crippen LogP contribution in [0.3, 0.4) is 0 Å². The molecular formula is C11H16OS. The summed E-state index contributed by atoms with van der Waals surface area (Å²) in [6.07, 6.45) is 0.664. The minimum atomic E-state index is 0.274. The number of aryl methyl sites for hydroxylation is 2. The lowest BCUT2D eigenvalue weighted by Crippen LogP contribution is -2.00. The maximum Gasteiger partial charge on any atom is 0.130 e. The Morgan fingerprint density at radius 2 is 2.15 bits per heavy atom. The van der Waals surface area contributed by atoms with Crippen LogP contribution in [0, 0.1) is 13.8 Å². The van der Waals surface area contributed by atoms with Crippen LogP contribution in [0.4, 0.5) is 0 Å². The summed E-state index contributed by atoms with van der Waals surface area (Å²) >= 11 is 1.81. The van der Waals surface area contributed by atoms with E-state index in [1.165, 1.54) is 15.3 Å². The van der Waals surface area contributed by atoms with Crippen LogP contribution in [-0.2, 0) is 4.79 Å². The maximum atomic E-state index is 10.9. The van der Waals surface area contributed by atoms with E-state index >= 15 is 0 Å². The molecule has 0 aliphatic carbocycles. The van der Waals surface area contributed by atoms with E-state index in [9.17, 15) is 4.79 Å². The summed E-state index contributed by atoms with van der Waals surface area (Å²) in [5.41, 5.74) is 1.35. The molecule has 0 spiro atoms. The van der Waals surface area contributed by atoms with Gasteiger partial charge in [0, 0.05) is 16.2 Å². The summed E-state index contributed by atoms with van der Waals surface area (Å²) in [5, 5.41) is 0. The number of hydrogen-bond donors (Lipinski definition) is 0. The zero-order valence-electron chi connectivity index (χ0n) is 8.68. The number of carbonyl (C=O) groups is 1. The van der Waals surface area contributed by atoms with Crippen LogP contribution >= 0.6 is 11.3 Å². The Morgan fingerprint density at radius 1 is 1.54 bits per heavy atom. The molecule has 1 nitrogen and oxygen atoms in total. The van der Waals surface area contributed by atoms with Crippen molar-refractivity contribution < 1.29 is 4.79 Å². The van der Waals surface area contributed by atoms with Gasteiger partial charge in [0.25, 0.3) is 0 Å². The minimum Gasteiger partial charge on any atom is -0.300 e. The molecule has 0 amide bonds. The first-order chi connectivity index (χ1) is 6.00. The van der Waals surface area contributed by atoms with Crippen molar-refractivity contribution in [3.63, 3.8) is 0 Å². The van der Waals surface area contributed by atoms with Crippen LogP contribution in [0.15, 0.2) is 6.07 Å². The van der Waals surface area contributed by atoms with E-state index in [1.54, 1.807) is 6.92 Å². The highest BCUT2D eigenvalue weighted by Gasteiger charge is 2.12. The number of Topliss-reactive ketones (excluding diaryl/α,β-unsaturated/α-hetero) is 1. The van der Waals surface area contributed by atoms with Gasteiger partial charge in [-0.05, 0) is 38.3 Å². The topological polar surface area (TPSA) is 17.1 Å². The molecular weight excluding hydrogens is 180 g/mol. The standard InChI is InChI=1S/C11H16OS/c1-7(5-8(2)12)11-6-9(3)13-10(11)4/h6-7H,5H2,1-4H3. The summed E-state index contributed by atoms with van der Waals surface area (Å²) in [4.78, 5) is 13.6. The van der Waals surface area contributed by atoms with Gasteiger partial charge in [0.2, 0.25) is 0 Å². The molecule has 1 unspecified atom stereocenters. The van der Waals surface area contributed by atoms with Crippen molar-refractivity contribution in [2.45, 2.75) is 40.0 Å². The lowest BCUT2D eigenvalue weighted by atomic mass is 9.96.